The number of carbonyl (C=O) groups is 2. The molecule has 0 aliphatic rings. The number of nitrogens with one attached hydrogen (secondary N) is 1. The lowest BCUT2D eigenvalue weighted by Crippen LogP contribution is -2.29. The molecule has 0 saturated carbocycles. The number of carbonyl (C=O) groups excluding carboxylic acids is 1. The fraction of sp³-hybridized carbons (Fsp3) is 0.357. The molecule has 0 aliphatic heterocycles. The molecule has 0 bridgehead atoms. The number of carboxylic acid groups (broad SMARTS) is 1. The van der Waals surface area contributed by atoms with Crippen LogP contribution in [0.3, 0.4) is 0 Å². The third-order valence-electron chi connectivity index (χ3n) is 2.07. The first-order valence-electron chi connectivity index (χ1n) is 6.09. The second-order valence-electron chi connectivity index (χ2n) is 5.19. The van der Waals surface area contributed by atoms with Crippen molar-refractivity contribution in [3.05, 3.63) is 35.4 Å². The van der Waals surface area contributed by atoms with E-state index in [1.807, 2.05) is 0 Å². The Labute approximate surface area is 117 Å². The Hall–Kier alpha value is -2.37. The molecule has 20 heavy (non-hydrogen) atoms. The Balaban J connectivity index is 2.58. The zero-order valence-corrected chi connectivity index (χ0v) is 11.7. The van der Waals surface area contributed by atoms with E-state index in [2.05, 4.69) is 10.5 Å². The van der Waals surface area contributed by atoms with Crippen molar-refractivity contribution < 1.29 is 19.4 Å². The van der Waals surface area contributed by atoms with Crippen molar-refractivity contribution in [2.45, 2.75) is 32.8 Å². The maximum Gasteiger partial charge on any atom is 0.428 e. The molecule has 108 valence electrons. The predicted octanol–water partition coefficient (Wildman–Crippen LogP) is 2.17. The van der Waals surface area contributed by atoms with Gasteiger partial charge in [0.25, 0.3) is 0 Å². The van der Waals surface area contributed by atoms with Gasteiger partial charge in [-0.2, -0.15) is 5.10 Å². The van der Waals surface area contributed by atoms with Crippen LogP contribution < -0.4 is 5.43 Å². The number of ether oxygens (including phenoxy) is 1. The highest BCUT2D eigenvalue weighted by Gasteiger charge is 2.15. The number of hydrogen-bond acceptors (Lipinski definition) is 4. The van der Waals surface area contributed by atoms with Crippen LogP contribution in [0, 0.1) is 0 Å². The topological polar surface area (TPSA) is 88.0 Å². The van der Waals surface area contributed by atoms with Crippen molar-refractivity contribution in [2.24, 2.45) is 5.10 Å². The molecule has 0 radical (unpaired) electrons. The molecular formula is C14H18N2O4. The number of amides is 1. The van der Waals surface area contributed by atoms with Gasteiger partial charge < -0.3 is 9.84 Å². The highest BCUT2D eigenvalue weighted by Crippen LogP contribution is 2.06. The summed E-state index contributed by atoms with van der Waals surface area (Å²) in [7, 11) is 0. The van der Waals surface area contributed by atoms with E-state index in [1.165, 1.54) is 6.21 Å². The lowest BCUT2D eigenvalue weighted by Gasteiger charge is -2.18. The van der Waals surface area contributed by atoms with E-state index < -0.39 is 17.7 Å². The molecule has 0 aliphatic carbocycles. The second-order valence-corrected chi connectivity index (χ2v) is 5.19. The van der Waals surface area contributed by atoms with Crippen LogP contribution in [-0.2, 0) is 16.0 Å². The van der Waals surface area contributed by atoms with Crippen molar-refractivity contribution in [3.8, 4) is 0 Å². The Kier molecular flexibility index (Phi) is 5.25. The molecule has 6 nitrogen and oxygen atoms in total. The van der Waals surface area contributed by atoms with Gasteiger partial charge in [0.2, 0.25) is 0 Å². The van der Waals surface area contributed by atoms with Gasteiger partial charge in [0, 0.05) is 0 Å². The van der Waals surface area contributed by atoms with E-state index in [0.29, 0.717) is 11.1 Å². The summed E-state index contributed by atoms with van der Waals surface area (Å²) < 4.78 is 5.01. The number of nitrogens with zero attached hydrogens (tertiary/aromatic N) is 1. The Morgan fingerprint density at radius 3 is 2.70 bits per heavy atom. The third kappa shape index (κ3) is 6.53. The first-order chi connectivity index (χ1) is 9.26. The van der Waals surface area contributed by atoms with Gasteiger partial charge in [-0.25, -0.2) is 10.2 Å². The molecule has 1 aromatic rings. The quantitative estimate of drug-likeness (QED) is 0.652. The monoisotopic (exact) mass is 278 g/mol. The molecule has 0 heterocycles. The Morgan fingerprint density at radius 2 is 2.10 bits per heavy atom. The summed E-state index contributed by atoms with van der Waals surface area (Å²) in [5.41, 5.74) is 3.02. The molecule has 0 fully saturated rings. The first kappa shape index (κ1) is 15.7. The number of hydrazone groups is 1. The van der Waals surface area contributed by atoms with Crippen LogP contribution in [-0.4, -0.2) is 29.0 Å². The van der Waals surface area contributed by atoms with E-state index in [1.54, 1.807) is 45.0 Å². The van der Waals surface area contributed by atoms with Crippen molar-refractivity contribution in [1.29, 1.82) is 0 Å². The van der Waals surface area contributed by atoms with Crippen molar-refractivity contribution in [3.63, 3.8) is 0 Å². The first-order valence-corrected chi connectivity index (χ1v) is 6.09. The summed E-state index contributed by atoms with van der Waals surface area (Å²) >= 11 is 0. The Morgan fingerprint density at radius 1 is 1.40 bits per heavy atom. The van der Waals surface area contributed by atoms with Crippen LogP contribution in [0.4, 0.5) is 4.79 Å². The van der Waals surface area contributed by atoms with Gasteiger partial charge in [-0.05, 0) is 38.0 Å². The highest BCUT2D eigenvalue weighted by atomic mass is 16.6. The number of carboxylic acids is 1. The Bertz CT molecular complexity index is 518. The van der Waals surface area contributed by atoms with Gasteiger partial charge >= 0.3 is 12.1 Å². The van der Waals surface area contributed by atoms with Crippen LogP contribution in [0.25, 0.3) is 0 Å². The second kappa shape index (κ2) is 6.70. The normalized spacial score (nSPS) is 11.3. The van der Waals surface area contributed by atoms with Crippen molar-refractivity contribution in [2.75, 3.05) is 0 Å². The van der Waals surface area contributed by atoms with Gasteiger partial charge in [0.1, 0.15) is 5.60 Å². The molecule has 0 aromatic heterocycles. The standard InChI is InChI=1S/C14H18N2O4/c1-14(2,3)20-13(19)16-15-9-11-6-4-5-10(7-11)8-12(17)18/h4-7,9H,8H2,1-3H3,(H,16,19)(H,17,18). The van der Waals surface area contributed by atoms with Gasteiger partial charge in [-0.3, -0.25) is 4.79 Å². The average molecular weight is 278 g/mol. The molecule has 0 saturated heterocycles. The van der Waals surface area contributed by atoms with Gasteiger partial charge in [-0.15, -0.1) is 0 Å². The minimum absolute atomic E-state index is 0.0544. The van der Waals surface area contributed by atoms with Crippen LogP contribution in [0.15, 0.2) is 29.4 Å². The average Bonchev–Trinajstić information content (AvgIpc) is 2.25. The summed E-state index contributed by atoms with van der Waals surface area (Å²) in [5.74, 6) is -0.897. The maximum absolute atomic E-state index is 11.3. The minimum atomic E-state index is -0.897. The molecule has 0 spiro atoms. The van der Waals surface area contributed by atoms with Crippen LogP contribution in [0.2, 0.25) is 0 Å². The van der Waals surface area contributed by atoms with Crippen molar-refractivity contribution >= 4 is 18.3 Å². The number of aliphatic carboxylic acids is 1. The zero-order valence-electron chi connectivity index (χ0n) is 11.7. The van der Waals surface area contributed by atoms with Crippen molar-refractivity contribution in [1.82, 2.24) is 5.43 Å². The molecule has 2 N–H and O–H groups in total. The molecule has 0 unspecified atom stereocenters. The minimum Gasteiger partial charge on any atom is -0.481 e. The summed E-state index contributed by atoms with van der Waals surface area (Å²) in [4.78, 5) is 21.9. The van der Waals surface area contributed by atoms with Gasteiger partial charge in [0.05, 0.1) is 12.6 Å². The van der Waals surface area contributed by atoms with Crippen LogP contribution >= 0.6 is 0 Å². The molecule has 6 heteroatoms. The smallest absolute Gasteiger partial charge is 0.428 e. The van der Waals surface area contributed by atoms with E-state index in [9.17, 15) is 9.59 Å². The number of benzene rings is 1. The zero-order chi connectivity index (χ0) is 15.2. The lowest BCUT2D eigenvalue weighted by atomic mass is 10.1. The predicted molar refractivity (Wildman–Crippen MR) is 74.7 cm³/mol. The fourth-order valence-electron chi connectivity index (χ4n) is 1.42. The summed E-state index contributed by atoms with van der Waals surface area (Å²) in [6, 6.07) is 6.89. The molecule has 0 atom stereocenters. The molecular weight excluding hydrogens is 260 g/mol. The summed E-state index contributed by atoms with van der Waals surface area (Å²) in [6.07, 6.45) is 0.728. The van der Waals surface area contributed by atoms with Gasteiger partial charge in [0.15, 0.2) is 0 Å². The van der Waals surface area contributed by atoms with E-state index in [4.69, 9.17) is 9.84 Å². The maximum atomic E-state index is 11.3. The fourth-order valence-corrected chi connectivity index (χ4v) is 1.42. The largest absolute Gasteiger partial charge is 0.481 e. The lowest BCUT2D eigenvalue weighted by molar-refractivity contribution is -0.136. The van der Waals surface area contributed by atoms with Crippen LogP contribution in [0.1, 0.15) is 31.9 Å². The third-order valence-corrected chi connectivity index (χ3v) is 2.07. The number of hydrogen-bond donors (Lipinski definition) is 2. The molecule has 1 amide bonds. The van der Waals surface area contributed by atoms with Gasteiger partial charge in [-0.1, -0.05) is 18.2 Å². The van der Waals surface area contributed by atoms with E-state index in [-0.39, 0.29) is 6.42 Å². The van der Waals surface area contributed by atoms with E-state index in [0.717, 1.165) is 0 Å². The molecule has 1 rings (SSSR count). The SMILES string of the molecule is CC(C)(C)OC(=O)NN=Cc1cccc(CC(=O)O)c1. The number of rotatable bonds is 4. The van der Waals surface area contributed by atoms with E-state index >= 15 is 0 Å². The highest BCUT2D eigenvalue weighted by molar-refractivity contribution is 5.81. The summed E-state index contributed by atoms with van der Waals surface area (Å²) in [5, 5.41) is 12.5. The summed E-state index contributed by atoms with van der Waals surface area (Å²) in [6.45, 7) is 5.27. The van der Waals surface area contributed by atoms with Crippen LogP contribution in [0.5, 0.6) is 0 Å². The molecule has 1 aromatic carbocycles.